The first-order valence-corrected chi connectivity index (χ1v) is 7.13. The highest BCUT2D eigenvalue weighted by molar-refractivity contribution is 7.10. The highest BCUT2D eigenvalue weighted by Gasteiger charge is 2.13. The van der Waals surface area contributed by atoms with E-state index in [-0.39, 0.29) is 6.04 Å². The number of thiophene rings is 1. The van der Waals surface area contributed by atoms with Gasteiger partial charge in [-0.15, -0.1) is 11.3 Å². The minimum absolute atomic E-state index is 0.238. The number of aliphatic hydroxyl groups excluding tert-OH is 1. The van der Waals surface area contributed by atoms with Crippen molar-refractivity contribution < 1.29 is 5.11 Å². The molecule has 2 atom stereocenters. The average molecular weight is 282 g/mol. The predicted octanol–water partition coefficient (Wildman–Crippen LogP) is 3.79. The van der Waals surface area contributed by atoms with Crippen molar-refractivity contribution in [3.8, 4) is 0 Å². The maximum absolute atomic E-state index is 10.1. The van der Waals surface area contributed by atoms with Crippen molar-refractivity contribution in [2.45, 2.75) is 19.1 Å². The van der Waals surface area contributed by atoms with E-state index >= 15 is 0 Å². The van der Waals surface area contributed by atoms with Gasteiger partial charge in [0.2, 0.25) is 0 Å². The Morgan fingerprint density at radius 1 is 1.28 bits per heavy atom. The Bertz CT molecular complexity index is 486. The molecule has 0 aliphatic carbocycles. The van der Waals surface area contributed by atoms with Gasteiger partial charge in [-0.1, -0.05) is 35.9 Å². The molecule has 0 bridgehead atoms. The molecule has 1 unspecified atom stereocenters. The van der Waals surface area contributed by atoms with Crippen LogP contribution >= 0.6 is 22.9 Å². The largest absolute Gasteiger partial charge is 0.387 e. The normalized spacial score (nSPS) is 14.4. The molecule has 2 rings (SSSR count). The first-order chi connectivity index (χ1) is 8.68. The van der Waals surface area contributed by atoms with Crippen LogP contribution in [0, 0.1) is 0 Å². The highest BCUT2D eigenvalue weighted by Crippen LogP contribution is 2.23. The Hall–Kier alpha value is -0.870. The molecule has 4 heteroatoms. The summed E-state index contributed by atoms with van der Waals surface area (Å²) in [7, 11) is 0. The fraction of sp³-hybridized carbons (Fsp3) is 0.286. The SMILES string of the molecule is C[C@H](NCC(O)c1ccccc1Cl)c1cccs1. The van der Waals surface area contributed by atoms with Gasteiger partial charge in [-0.3, -0.25) is 0 Å². The van der Waals surface area contributed by atoms with Crippen LogP contribution in [0.15, 0.2) is 41.8 Å². The molecular weight excluding hydrogens is 266 g/mol. The van der Waals surface area contributed by atoms with E-state index in [1.807, 2.05) is 24.3 Å². The third kappa shape index (κ3) is 3.33. The van der Waals surface area contributed by atoms with Crippen molar-refractivity contribution in [2.75, 3.05) is 6.54 Å². The Balaban J connectivity index is 1.93. The van der Waals surface area contributed by atoms with Crippen LogP contribution in [0.4, 0.5) is 0 Å². The summed E-state index contributed by atoms with van der Waals surface area (Å²) >= 11 is 7.76. The first kappa shape index (κ1) is 13.6. The molecule has 0 fully saturated rings. The summed E-state index contributed by atoms with van der Waals surface area (Å²) in [6.07, 6.45) is -0.582. The molecule has 1 aromatic heterocycles. The lowest BCUT2D eigenvalue weighted by Crippen LogP contribution is -2.24. The second kappa shape index (κ2) is 6.34. The van der Waals surface area contributed by atoms with Crippen molar-refractivity contribution in [1.29, 1.82) is 0 Å². The van der Waals surface area contributed by atoms with Gasteiger partial charge in [0.1, 0.15) is 0 Å². The zero-order valence-electron chi connectivity index (χ0n) is 10.1. The molecule has 0 aliphatic heterocycles. The van der Waals surface area contributed by atoms with E-state index in [9.17, 15) is 5.11 Å². The fourth-order valence-electron chi connectivity index (χ4n) is 1.78. The molecular formula is C14H16ClNOS. The molecule has 1 heterocycles. The molecule has 0 radical (unpaired) electrons. The zero-order valence-corrected chi connectivity index (χ0v) is 11.7. The summed E-state index contributed by atoms with van der Waals surface area (Å²) in [5.74, 6) is 0. The molecule has 18 heavy (non-hydrogen) atoms. The van der Waals surface area contributed by atoms with Crippen molar-refractivity contribution in [2.24, 2.45) is 0 Å². The van der Waals surface area contributed by atoms with Gasteiger partial charge in [0.25, 0.3) is 0 Å². The number of hydrogen-bond donors (Lipinski definition) is 2. The van der Waals surface area contributed by atoms with E-state index in [1.54, 1.807) is 17.4 Å². The Morgan fingerprint density at radius 3 is 2.72 bits per heavy atom. The summed E-state index contributed by atoms with van der Waals surface area (Å²) in [4.78, 5) is 1.27. The van der Waals surface area contributed by atoms with Crippen molar-refractivity contribution in [1.82, 2.24) is 5.32 Å². The van der Waals surface area contributed by atoms with E-state index in [1.165, 1.54) is 4.88 Å². The molecule has 2 nitrogen and oxygen atoms in total. The Morgan fingerprint density at radius 2 is 2.06 bits per heavy atom. The highest BCUT2D eigenvalue weighted by atomic mass is 35.5. The topological polar surface area (TPSA) is 32.3 Å². The summed E-state index contributed by atoms with van der Waals surface area (Å²) in [5, 5.41) is 16.1. The third-order valence-corrected chi connectivity index (χ3v) is 4.25. The molecule has 2 aromatic rings. The summed E-state index contributed by atoms with van der Waals surface area (Å²) in [6, 6.07) is 11.7. The number of hydrogen-bond acceptors (Lipinski definition) is 3. The smallest absolute Gasteiger partial charge is 0.0928 e. The van der Waals surface area contributed by atoms with Crippen LogP contribution in [0.1, 0.15) is 29.5 Å². The number of aliphatic hydroxyl groups is 1. The summed E-state index contributed by atoms with van der Waals surface area (Å²) in [6.45, 7) is 2.58. The summed E-state index contributed by atoms with van der Waals surface area (Å²) < 4.78 is 0. The van der Waals surface area contributed by atoms with Gasteiger partial charge in [-0.2, -0.15) is 0 Å². The third-order valence-electron chi connectivity index (χ3n) is 2.85. The Kier molecular flexibility index (Phi) is 4.78. The lowest BCUT2D eigenvalue weighted by Gasteiger charge is -2.17. The molecule has 0 aliphatic rings. The second-order valence-corrected chi connectivity index (χ2v) is 5.57. The molecule has 96 valence electrons. The molecule has 1 aromatic carbocycles. The van der Waals surface area contributed by atoms with E-state index in [0.29, 0.717) is 11.6 Å². The van der Waals surface area contributed by atoms with Gasteiger partial charge >= 0.3 is 0 Å². The molecule has 0 saturated heterocycles. The minimum Gasteiger partial charge on any atom is -0.387 e. The number of benzene rings is 1. The van der Waals surface area contributed by atoms with Crippen molar-refractivity contribution >= 4 is 22.9 Å². The second-order valence-electron chi connectivity index (χ2n) is 4.18. The lowest BCUT2D eigenvalue weighted by atomic mass is 10.1. The van der Waals surface area contributed by atoms with E-state index < -0.39 is 6.10 Å². The maximum Gasteiger partial charge on any atom is 0.0928 e. The van der Waals surface area contributed by atoms with E-state index in [0.717, 1.165) is 5.56 Å². The molecule has 0 amide bonds. The van der Waals surface area contributed by atoms with Gasteiger partial charge in [0.05, 0.1) is 6.10 Å². The van der Waals surface area contributed by atoms with Gasteiger partial charge in [0, 0.05) is 28.0 Å². The van der Waals surface area contributed by atoms with Gasteiger partial charge in [-0.25, -0.2) is 0 Å². The molecule has 2 N–H and O–H groups in total. The quantitative estimate of drug-likeness (QED) is 0.874. The Labute approximate surface area is 116 Å². The van der Waals surface area contributed by atoms with Crippen LogP contribution in [0.3, 0.4) is 0 Å². The van der Waals surface area contributed by atoms with Crippen LogP contribution < -0.4 is 5.32 Å². The number of halogens is 1. The fourth-order valence-corrected chi connectivity index (χ4v) is 2.80. The van der Waals surface area contributed by atoms with Crippen LogP contribution in [-0.2, 0) is 0 Å². The van der Waals surface area contributed by atoms with Crippen LogP contribution in [0.25, 0.3) is 0 Å². The standard InChI is InChI=1S/C14H16ClNOS/c1-10(14-7-4-8-18-14)16-9-13(17)11-5-2-3-6-12(11)15/h2-8,10,13,16-17H,9H2,1H3/t10-,13?/m0/s1. The van der Waals surface area contributed by atoms with Crippen LogP contribution in [0.5, 0.6) is 0 Å². The zero-order chi connectivity index (χ0) is 13.0. The average Bonchev–Trinajstić information content (AvgIpc) is 2.90. The van der Waals surface area contributed by atoms with Crippen LogP contribution in [0.2, 0.25) is 5.02 Å². The van der Waals surface area contributed by atoms with Gasteiger partial charge < -0.3 is 10.4 Å². The molecule has 0 saturated carbocycles. The summed E-state index contributed by atoms with van der Waals surface area (Å²) in [5.41, 5.74) is 0.769. The van der Waals surface area contributed by atoms with E-state index in [4.69, 9.17) is 11.6 Å². The van der Waals surface area contributed by atoms with Crippen molar-refractivity contribution in [3.63, 3.8) is 0 Å². The van der Waals surface area contributed by atoms with Gasteiger partial charge in [0.15, 0.2) is 0 Å². The van der Waals surface area contributed by atoms with Crippen molar-refractivity contribution in [3.05, 3.63) is 57.2 Å². The minimum atomic E-state index is -0.582. The number of nitrogens with one attached hydrogen (secondary N) is 1. The predicted molar refractivity (Wildman–Crippen MR) is 77.1 cm³/mol. The maximum atomic E-state index is 10.1. The lowest BCUT2D eigenvalue weighted by molar-refractivity contribution is 0.171. The monoisotopic (exact) mass is 281 g/mol. The molecule has 0 spiro atoms. The van der Waals surface area contributed by atoms with Gasteiger partial charge in [-0.05, 0) is 24.4 Å². The van der Waals surface area contributed by atoms with E-state index in [2.05, 4.69) is 23.7 Å². The van der Waals surface area contributed by atoms with Crippen LogP contribution in [-0.4, -0.2) is 11.7 Å². The first-order valence-electron chi connectivity index (χ1n) is 5.87. The number of rotatable bonds is 5.